The van der Waals surface area contributed by atoms with E-state index in [4.69, 9.17) is 0 Å². The van der Waals surface area contributed by atoms with Gasteiger partial charge in [-0.1, -0.05) is 6.07 Å². The van der Waals surface area contributed by atoms with Gasteiger partial charge in [-0.05, 0) is 24.3 Å². The number of amides is 2. The Bertz CT molecular complexity index is 673. The monoisotopic (exact) mass is 287 g/mol. The van der Waals surface area contributed by atoms with Crippen LogP contribution in [0.5, 0.6) is 0 Å². The van der Waals surface area contributed by atoms with Crippen LogP contribution in [-0.2, 0) is 4.74 Å². The third-order valence-corrected chi connectivity index (χ3v) is 2.61. The summed E-state index contributed by atoms with van der Waals surface area (Å²) in [7, 11) is 1.25. The predicted octanol–water partition coefficient (Wildman–Crippen LogP) is 1.75. The van der Waals surface area contributed by atoms with Crippen molar-refractivity contribution in [3.05, 3.63) is 59.6 Å². The lowest BCUT2D eigenvalue weighted by atomic mass is 10.2. The third-order valence-electron chi connectivity index (χ3n) is 2.61. The first kappa shape index (κ1) is 14.3. The van der Waals surface area contributed by atoms with Gasteiger partial charge in [0.2, 0.25) is 0 Å². The summed E-state index contributed by atoms with van der Waals surface area (Å²) in [6, 6.07) is 11.0. The van der Waals surface area contributed by atoms with Gasteiger partial charge in [-0.2, -0.15) is 4.73 Å². The number of benzene rings is 1. The molecule has 0 radical (unpaired) electrons. The molecule has 1 aromatic carbocycles. The quantitative estimate of drug-likeness (QED) is 0.664. The van der Waals surface area contributed by atoms with Gasteiger partial charge < -0.3 is 15.3 Å². The van der Waals surface area contributed by atoms with Crippen molar-refractivity contribution in [2.24, 2.45) is 0 Å². The molecular formula is C14H13N3O4. The van der Waals surface area contributed by atoms with Gasteiger partial charge in [-0.3, -0.25) is 10.1 Å². The molecule has 0 saturated heterocycles. The van der Waals surface area contributed by atoms with Crippen LogP contribution < -0.4 is 15.4 Å². The maximum atomic E-state index is 12.0. The predicted molar refractivity (Wildman–Crippen MR) is 75.8 cm³/mol. The van der Waals surface area contributed by atoms with Gasteiger partial charge in [-0.25, -0.2) is 4.79 Å². The molecule has 2 N–H and O–H groups in total. The van der Waals surface area contributed by atoms with Crippen LogP contribution in [0.25, 0.3) is 0 Å². The van der Waals surface area contributed by atoms with Crippen LogP contribution in [-0.4, -0.2) is 19.1 Å². The van der Waals surface area contributed by atoms with E-state index in [2.05, 4.69) is 15.4 Å². The highest BCUT2D eigenvalue weighted by atomic mass is 16.5. The van der Waals surface area contributed by atoms with Crippen LogP contribution in [0.1, 0.15) is 10.5 Å². The first-order chi connectivity index (χ1) is 10.1. The van der Waals surface area contributed by atoms with Gasteiger partial charge in [0.15, 0.2) is 6.20 Å². The van der Waals surface area contributed by atoms with Crippen LogP contribution in [0.3, 0.4) is 0 Å². The maximum absolute atomic E-state index is 12.0. The zero-order valence-corrected chi connectivity index (χ0v) is 11.2. The zero-order valence-electron chi connectivity index (χ0n) is 11.2. The molecule has 0 saturated carbocycles. The van der Waals surface area contributed by atoms with Crippen molar-refractivity contribution in [3.8, 4) is 0 Å². The van der Waals surface area contributed by atoms with Gasteiger partial charge in [-0.15, -0.1) is 0 Å². The number of carbonyl (C=O) groups excluding carboxylic acids is 2. The fraction of sp³-hybridized carbons (Fsp3) is 0.0714. The van der Waals surface area contributed by atoms with E-state index in [1.54, 1.807) is 30.3 Å². The van der Waals surface area contributed by atoms with E-state index < -0.39 is 12.0 Å². The molecule has 0 bridgehead atoms. The second kappa shape index (κ2) is 6.38. The normalized spacial score (nSPS) is 9.76. The van der Waals surface area contributed by atoms with Crippen molar-refractivity contribution < 1.29 is 19.1 Å². The SMILES string of the molecule is COC(=O)Nc1cccc(NC(=O)c2cccc[n+]2[O-])c1. The highest BCUT2D eigenvalue weighted by Gasteiger charge is 2.15. The van der Waals surface area contributed by atoms with Crippen LogP contribution >= 0.6 is 0 Å². The summed E-state index contributed by atoms with van der Waals surface area (Å²) in [5, 5.41) is 16.5. The summed E-state index contributed by atoms with van der Waals surface area (Å²) in [6.07, 6.45) is 0.628. The summed E-state index contributed by atoms with van der Waals surface area (Å²) in [4.78, 5) is 23.1. The van der Waals surface area contributed by atoms with E-state index in [1.165, 1.54) is 25.4 Å². The number of nitrogens with zero attached hydrogens (tertiary/aromatic N) is 1. The van der Waals surface area contributed by atoms with Crippen molar-refractivity contribution in [1.29, 1.82) is 0 Å². The Hall–Kier alpha value is -3.09. The molecule has 0 atom stereocenters. The minimum absolute atomic E-state index is 0.0242. The minimum Gasteiger partial charge on any atom is -0.618 e. The molecule has 2 amide bonds. The molecule has 0 aliphatic rings. The largest absolute Gasteiger partial charge is 0.618 e. The van der Waals surface area contributed by atoms with Crippen molar-refractivity contribution in [3.63, 3.8) is 0 Å². The Balaban J connectivity index is 2.13. The molecule has 7 heteroatoms. The number of hydrogen-bond donors (Lipinski definition) is 2. The minimum atomic E-state index is -0.612. The van der Waals surface area contributed by atoms with Crippen molar-refractivity contribution in [2.45, 2.75) is 0 Å². The van der Waals surface area contributed by atoms with Crippen LogP contribution in [0.2, 0.25) is 0 Å². The first-order valence-electron chi connectivity index (χ1n) is 6.05. The Labute approximate surface area is 120 Å². The molecule has 0 unspecified atom stereocenters. The highest BCUT2D eigenvalue weighted by molar-refractivity contribution is 6.02. The van der Waals surface area contributed by atoms with Crippen LogP contribution in [0, 0.1) is 5.21 Å². The number of aromatic nitrogens is 1. The second-order valence-electron chi connectivity index (χ2n) is 4.06. The molecule has 0 fully saturated rings. The summed E-state index contributed by atoms with van der Waals surface area (Å²) in [5.74, 6) is -0.541. The molecule has 7 nitrogen and oxygen atoms in total. The number of hydrogen-bond acceptors (Lipinski definition) is 4. The molecule has 2 aromatic rings. The topological polar surface area (TPSA) is 94.4 Å². The lowest BCUT2D eigenvalue weighted by molar-refractivity contribution is -0.607. The average Bonchev–Trinajstić information content (AvgIpc) is 2.47. The number of rotatable bonds is 3. The smallest absolute Gasteiger partial charge is 0.411 e. The van der Waals surface area contributed by atoms with Gasteiger partial charge in [0.05, 0.1) is 7.11 Å². The molecule has 21 heavy (non-hydrogen) atoms. The van der Waals surface area contributed by atoms with Crippen LogP contribution in [0.4, 0.5) is 16.2 Å². The second-order valence-corrected chi connectivity index (χ2v) is 4.06. The first-order valence-corrected chi connectivity index (χ1v) is 6.05. The van der Waals surface area contributed by atoms with Crippen molar-refractivity contribution in [1.82, 2.24) is 0 Å². The Morgan fingerprint density at radius 2 is 1.81 bits per heavy atom. The van der Waals surface area contributed by atoms with Gasteiger partial charge in [0.1, 0.15) is 0 Å². The Kier molecular flexibility index (Phi) is 4.35. The van der Waals surface area contributed by atoms with Crippen molar-refractivity contribution in [2.75, 3.05) is 17.7 Å². The molecule has 1 heterocycles. The molecule has 2 rings (SSSR count). The summed E-state index contributed by atoms with van der Waals surface area (Å²) >= 11 is 0. The number of nitrogens with one attached hydrogen (secondary N) is 2. The number of carbonyl (C=O) groups is 2. The standard InChI is InChI=1S/C14H13N3O4/c1-21-14(19)16-11-6-4-5-10(9-11)15-13(18)12-7-2-3-8-17(12)20/h2-9H,1H3,(H,15,18)(H,16,19). The lowest BCUT2D eigenvalue weighted by Crippen LogP contribution is -2.36. The maximum Gasteiger partial charge on any atom is 0.411 e. The Morgan fingerprint density at radius 3 is 2.48 bits per heavy atom. The number of ether oxygens (including phenoxy) is 1. The molecule has 0 aliphatic carbocycles. The van der Waals surface area contributed by atoms with Crippen molar-refractivity contribution >= 4 is 23.4 Å². The highest BCUT2D eigenvalue weighted by Crippen LogP contribution is 2.15. The van der Waals surface area contributed by atoms with Gasteiger partial charge >= 0.3 is 12.0 Å². The van der Waals surface area contributed by atoms with E-state index in [9.17, 15) is 14.8 Å². The summed E-state index contributed by atoms with van der Waals surface area (Å²) in [6.45, 7) is 0. The van der Waals surface area contributed by atoms with E-state index in [0.29, 0.717) is 16.1 Å². The summed E-state index contributed by atoms with van der Waals surface area (Å²) in [5.41, 5.74) is 0.879. The third kappa shape index (κ3) is 3.69. The molecule has 108 valence electrons. The number of methoxy groups -OCH3 is 1. The molecule has 0 spiro atoms. The molecule has 1 aromatic heterocycles. The van der Waals surface area contributed by atoms with E-state index >= 15 is 0 Å². The Morgan fingerprint density at radius 1 is 1.10 bits per heavy atom. The van der Waals surface area contributed by atoms with Gasteiger partial charge in [0, 0.05) is 23.5 Å². The number of anilines is 2. The lowest BCUT2D eigenvalue weighted by Gasteiger charge is -2.08. The van der Waals surface area contributed by atoms with Crippen LogP contribution in [0.15, 0.2) is 48.7 Å². The average molecular weight is 287 g/mol. The molecule has 0 aliphatic heterocycles. The molecular weight excluding hydrogens is 274 g/mol. The summed E-state index contributed by atoms with van der Waals surface area (Å²) < 4.78 is 4.96. The fourth-order valence-electron chi connectivity index (χ4n) is 1.64. The van der Waals surface area contributed by atoms with E-state index in [1.807, 2.05) is 0 Å². The van der Waals surface area contributed by atoms with Gasteiger partial charge in [0.25, 0.3) is 5.69 Å². The zero-order chi connectivity index (χ0) is 15.2. The van der Waals surface area contributed by atoms with E-state index in [-0.39, 0.29) is 5.69 Å². The number of pyridine rings is 1. The fourth-order valence-corrected chi connectivity index (χ4v) is 1.64. The van der Waals surface area contributed by atoms with E-state index in [0.717, 1.165) is 0 Å².